The molecule has 2 aromatic heterocycles. The van der Waals surface area contributed by atoms with Crippen LogP contribution in [0.3, 0.4) is 0 Å². The van der Waals surface area contributed by atoms with E-state index in [1.165, 1.54) is 11.1 Å². The Bertz CT molecular complexity index is 996. The molecule has 27 heavy (non-hydrogen) atoms. The number of likely N-dealkylation sites (N-methyl/N-ethyl adjacent to an activating group) is 1. The fourth-order valence-electron chi connectivity index (χ4n) is 4.30. The van der Waals surface area contributed by atoms with E-state index >= 15 is 0 Å². The summed E-state index contributed by atoms with van der Waals surface area (Å²) in [6.45, 7) is 1.01. The second kappa shape index (κ2) is 6.93. The molecule has 6 heteroatoms. The molecule has 1 N–H and O–H groups in total. The molecule has 0 amide bonds. The van der Waals surface area contributed by atoms with Crippen LogP contribution in [-0.4, -0.2) is 45.4 Å². The summed E-state index contributed by atoms with van der Waals surface area (Å²) >= 11 is 3.47. The summed E-state index contributed by atoms with van der Waals surface area (Å²) < 4.78 is 1.08. The zero-order valence-corrected chi connectivity index (χ0v) is 16.8. The lowest BCUT2D eigenvalue weighted by atomic mass is 9.76. The lowest BCUT2D eigenvalue weighted by Crippen LogP contribution is -2.46. The van der Waals surface area contributed by atoms with E-state index in [9.17, 15) is 5.11 Å². The van der Waals surface area contributed by atoms with Gasteiger partial charge in [-0.05, 0) is 60.7 Å². The Kier molecular flexibility index (Phi) is 4.42. The van der Waals surface area contributed by atoms with E-state index in [1.54, 1.807) is 23.1 Å². The minimum absolute atomic E-state index is 0.450. The number of thiazole rings is 1. The van der Waals surface area contributed by atoms with Crippen LogP contribution in [0.1, 0.15) is 11.1 Å². The second-order valence-corrected chi connectivity index (χ2v) is 9.59. The molecule has 0 saturated carbocycles. The van der Waals surface area contributed by atoms with Crippen LogP contribution >= 0.6 is 23.1 Å². The SMILES string of the molecule is CN1CC(CSc2nc3cccnc3s2)=CC2Cc3c(O)cccc3C[C@H]21. The molecule has 2 aliphatic rings. The van der Waals surface area contributed by atoms with Crippen LogP contribution in [0.25, 0.3) is 10.3 Å². The topological polar surface area (TPSA) is 49.2 Å². The number of nitrogens with zero attached hydrogens (tertiary/aromatic N) is 3. The van der Waals surface area contributed by atoms with E-state index in [4.69, 9.17) is 0 Å². The molecule has 0 fully saturated rings. The molecule has 0 spiro atoms. The highest BCUT2D eigenvalue weighted by Gasteiger charge is 2.34. The predicted molar refractivity (Wildman–Crippen MR) is 112 cm³/mol. The highest BCUT2D eigenvalue weighted by Crippen LogP contribution is 2.38. The van der Waals surface area contributed by atoms with Crippen LogP contribution in [-0.2, 0) is 12.8 Å². The van der Waals surface area contributed by atoms with Gasteiger partial charge in [-0.15, -0.1) is 0 Å². The zero-order valence-electron chi connectivity index (χ0n) is 15.1. The molecule has 5 rings (SSSR count). The second-order valence-electron chi connectivity index (χ2n) is 7.39. The van der Waals surface area contributed by atoms with Crippen molar-refractivity contribution in [2.75, 3.05) is 19.3 Å². The maximum absolute atomic E-state index is 10.2. The summed E-state index contributed by atoms with van der Waals surface area (Å²) in [6.07, 6.45) is 6.23. The Morgan fingerprint density at radius 3 is 3.07 bits per heavy atom. The number of aromatic hydroxyl groups is 1. The molecular weight excluding hydrogens is 374 g/mol. The number of pyridine rings is 1. The fraction of sp³-hybridized carbons (Fsp3) is 0.333. The Morgan fingerprint density at radius 1 is 1.26 bits per heavy atom. The number of phenols is 1. The molecule has 1 aromatic carbocycles. The third kappa shape index (κ3) is 3.26. The van der Waals surface area contributed by atoms with E-state index < -0.39 is 0 Å². The third-order valence-electron chi connectivity index (χ3n) is 5.61. The van der Waals surface area contributed by atoms with Crippen molar-refractivity contribution < 1.29 is 5.11 Å². The number of benzene rings is 1. The van der Waals surface area contributed by atoms with E-state index in [2.05, 4.69) is 34.1 Å². The average Bonchev–Trinajstić information content (AvgIpc) is 3.09. The molecule has 0 bridgehead atoms. The van der Waals surface area contributed by atoms with Gasteiger partial charge < -0.3 is 5.11 Å². The highest BCUT2D eigenvalue weighted by atomic mass is 32.2. The Labute approximate surface area is 167 Å². The summed E-state index contributed by atoms with van der Waals surface area (Å²) in [6, 6.07) is 10.4. The molecule has 3 heterocycles. The average molecular weight is 396 g/mol. The van der Waals surface area contributed by atoms with Gasteiger partial charge in [-0.2, -0.15) is 0 Å². The number of hydrogen-bond acceptors (Lipinski definition) is 6. The van der Waals surface area contributed by atoms with Gasteiger partial charge in [0.1, 0.15) is 16.1 Å². The van der Waals surface area contributed by atoms with Crippen molar-refractivity contribution in [3.8, 4) is 5.75 Å². The Balaban J connectivity index is 1.34. The van der Waals surface area contributed by atoms with Gasteiger partial charge in [0.05, 0.1) is 0 Å². The summed E-state index contributed by atoms with van der Waals surface area (Å²) in [7, 11) is 2.23. The standard InChI is InChI=1S/C21H21N3OS2/c1-24-11-13(12-26-21-23-17-5-3-7-22-20(17)27-21)8-15-9-16-14(10-18(15)24)4-2-6-19(16)25/h2-8,15,18,25H,9-12H2,1H3/t15?,18-/m1/s1. The van der Waals surface area contributed by atoms with Gasteiger partial charge in [0.15, 0.2) is 4.34 Å². The van der Waals surface area contributed by atoms with E-state index in [0.29, 0.717) is 17.7 Å². The molecule has 1 unspecified atom stereocenters. The van der Waals surface area contributed by atoms with Crippen molar-refractivity contribution in [2.45, 2.75) is 23.2 Å². The van der Waals surface area contributed by atoms with Crippen molar-refractivity contribution >= 4 is 33.4 Å². The molecule has 138 valence electrons. The monoisotopic (exact) mass is 395 g/mol. The molecule has 1 aliphatic heterocycles. The van der Waals surface area contributed by atoms with E-state index in [-0.39, 0.29) is 0 Å². The van der Waals surface area contributed by atoms with E-state index in [0.717, 1.165) is 45.4 Å². The van der Waals surface area contributed by atoms with Crippen molar-refractivity contribution in [1.29, 1.82) is 0 Å². The van der Waals surface area contributed by atoms with Crippen LogP contribution in [0.4, 0.5) is 0 Å². The maximum Gasteiger partial charge on any atom is 0.152 e. The third-order valence-corrected chi connectivity index (χ3v) is 7.84. The minimum atomic E-state index is 0.450. The first-order valence-corrected chi connectivity index (χ1v) is 11.0. The summed E-state index contributed by atoms with van der Waals surface area (Å²) in [4.78, 5) is 12.6. The van der Waals surface area contributed by atoms with Crippen molar-refractivity contribution in [1.82, 2.24) is 14.9 Å². The zero-order chi connectivity index (χ0) is 18.4. The smallest absolute Gasteiger partial charge is 0.152 e. The van der Waals surface area contributed by atoms with Gasteiger partial charge in [0.25, 0.3) is 0 Å². The highest BCUT2D eigenvalue weighted by molar-refractivity contribution is 8.01. The van der Waals surface area contributed by atoms with Crippen LogP contribution in [0.15, 0.2) is 52.5 Å². The fourth-order valence-corrected chi connectivity index (χ4v) is 6.25. The predicted octanol–water partition coefficient (Wildman–Crippen LogP) is 4.14. The van der Waals surface area contributed by atoms with Gasteiger partial charge in [-0.3, -0.25) is 4.90 Å². The number of rotatable bonds is 3. The van der Waals surface area contributed by atoms with Gasteiger partial charge in [-0.25, -0.2) is 9.97 Å². The van der Waals surface area contributed by atoms with Crippen LogP contribution in [0.2, 0.25) is 0 Å². The van der Waals surface area contributed by atoms with Gasteiger partial charge in [0.2, 0.25) is 0 Å². The number of phenolic OH excluding ortho intramolecular Hbond substituents is 1. The molecule has 2 atom stereocenters. The van der Waals surface area contributed by atoms with Gasteiger partial charge >= 0.3 is 0 Å². The quantitative estimate of drug-likeness (QED) is 0.533. The first-order valence-electron chi connectivity index (χ1n) is 9.21. The largest absolute Gasteiger partial charge is 0.508 e. The van der Waals surface area contributed by atoms with Gasteiger partial charge in [-0.1, -0.05) is 41.3 Å². The van der Waals surface area contributed by atoms with Crippen LogP contribution in [0.5, 0.6) is 5.75 Å². The van der Waals surface area contributed by atoms with E-state index in [1.807, 2.05) is 30.5 Å². The summed E-state index contributed by atoms with van der Waals surface area (Å²) in [5, 5.41) is 10.2. The Morgan fingerprint density at radius 2 is 2.19 bits per heavy atom. The van der Waals surface area contributed by atoms with Gasteiger partial charge in [0, 0.05) is 24.5 Å². The lowest BCUT2D eigenvalue weighted by molar-refractivity contribution is 0.184. The van der Waals surface area contributed by atoms with Crippen molar-refractivity contribution in [3.63, 3.8) is 0 Å². The first kappa shape index (κ1) is 17.2. The molecule has 4 nitrogen and oxygen atoms in total. The first-order chi connectivity index (χ1) is 13.2. The van der Waals surface area contributed by atoms with Crippen LogP contribution in [0, 0.1) is 5.92 Å². The molecule has 0 radical (unpaired) electrons. The molecule has 0 saturated heterocycles. The Hall–Kier alpha value is -1.89. The minimum Gasteiger partial charge on any atom is -0.508 e. The number of aromatic nitrogens is 2. The van der Waals surface area contributed by atoms with Crippen molar-refractivity contribution in [2.24, 2.45) is 5.92 Å². The molecule has 1 aliphatic carbocycles. The normalized spacial score (nSPS) is 22.3. The number of hydrogen-bond donors (Lipinski definition) is 1. The number of thioether (sulfide) groups is 1. The lowest BCUT2D eigenvalue weighted by Gasteiger charge is -2.42. The summed E-state index contributed by atoms with van der Waals surface area (Å²) in [5.41, 5.74) is 4.87. The molecular formula is C21H21N3OS2. The van der Waals surface area contributed by atoms with Crippen molar-refractivity contribution in [3.05, 3.63) is 59.3 Å². The number of fused-ring (bicyclic) bond motifs is 3. The summed E-state index contributed by atoms with van der Waals surface area (Å²) in [5.74, 6) is 1.88. The molecule has 3 aromatic rings. The maximum atomic E-state index is 10.2. The van der Waals surface area contributed by atoms with Crippen LogP contribution < -0.4 is 0 Å².